The Kier molecular flexibility index (Phi) is 6.09. The number of halogens is 2. The summed E-state index contributed by atoms with van der Waals surface area (Å²) in [4.78, 5) is 4.22. The molecule has 0 amide bonds. The number of hydrogen-bond acceptors (Lipinski definition) is 3. The zero-order valence-corrected chi connectivity index (χ0v) is 15.7. The first-order valence-corrected chi connectivity index (χ1v) is 8.75. The van der Waals surface area contributed by atoms with Crippen LogP contribution in [0.4, 0.5) is 0 Å². The van der Waals surface area contributed by atoms with Crippen LogP contribution in [-0.4, -0.2) is 27.8 Å². The summed E-state index contributed by atoms with van der Waals surface area (Å²) >= 11 is 12.1. The highest BCUT2D eigenvalue weighted by Gasteiger charge is 2.08. The third-order valence-corrected chi connectivity index (χ3v) is 4.34. The van der Waals surface area contributed by atoms with E-state index in [9.17, 15) is 0 Å². The van der Waals surface area contributed by atoms with Crippen LogP contribution in [0.25, 0.3) is 5.69 Å². The normalized spacial score (nSPS) is 11.4. The van der Waals surface area contributed by atoms with Crippen LogP contribution >= 0.6 is 23.2 Å². The molecule has 0 atom stereocenters. The van der Waals surface area contributed by atoms with E-state index >= 15 is 0 Å². The quantitative estimate of drug-likeness (QED) is 0.518. The lowest BCUT2D eigenvalue weighted by atomic mass is 10.2. The lowest BCUT2D eigenvalue weighted by Gasteiger charge is -2.13. The highest BCUT2D eigenvalue weighted by Crippen LogP contribution is 2.20. The summed E-state index contributed by atoms with van der Waals surface area (Å²) in [5.74, 6) is 1.42. The summed E-state index contributed by atoms with van der Waals surface area (Å²) in [7, 11) is 1.71. The van der Waals surface area contributed by atoms with Gasteiger partial charge in [-0.2, -0.15) is 0 Å². The summed E-state index contributed by atoms with van der Waals surface area (Å²) in [6, 6.07) is 15.3. The number of benzene rings is 2. The topological polar surface area (TPSA) is 67.1 Å². The summed E-state index contributed by atoms with van der Waals surface area (Å²) in [5, 5.41) is 15.8. The average molecular weight is 389 g/mol. The van der Waals surface area contributed by atoms with Crippen molar-refractivity contribution >= 4 is 29.2 Å². The van der Waals surface area contributed by atoms with E-state index in [1.807, 2.05) is 47.0 Å². The molecular formula is C18H18Cl2N6. The van der Waals surface area contributed by atoms with Crippen molar-refractivity contribution in [2.24, 2.45) is 4.99 Å². The number of guanidine groups is 1. The Morgan fingerprint density at radius 3 is 2.58 bits per heavy atom. The van der Waals surface area contributed by atoms with Gasteiger partial charge in [-0.25, -0.2) is 0 Å². The predicted octanol–water partition coefficient (Wildman–Crippen LogP) is 3.44. The Bertz CT molecular complexity index is 892. The van der Waals surface area contributed by atoms with Crippen LogP contribution in [0, 0.1) is 0 Å². The van der Waals surface area contributed by atoms with Gasteiger partial charge in [0, 0.05) is 29.3 Å². The molecule has 0 saturated heterocycles. The second-order valence-electron chi connectivity index (χ2n) is 5.47. The van der Waals surface area contributed by atoms with Crippen LogP contribution in [0.15, 0.2) is 59.9 Å². The fourth-order valence-electron chi connectivity index (χ4n) is 2.41. The van der Waals surface area contributed by atoms with Crippen LogP contribution in [-0.2, 0) is 13.1 Å². The third-order valence-electron chi connectivity index (χ3n) is 3.75. The second-order valence-corrected chi connectivity index (χ2v) is 6.31. The number of aliphatic imine (C=N–C) groups is 1. The van der Waals surface area contributed by atoms with Crippen LogP contribution in [0.3, 0.4) is 0 Å². The van der Waals surface area contributed by atoms with E-state index in [0.717, 1.165) is 17.1 Å². The molecule has 0 spiro atoms. The lowest BCUT2D eigenvalue weighted by molar-refractivity contribution is 0.754. The summed E-state index contributed by atoms with van der Waals surface area (Å²) < 4.78 is 1.93. The maximum Gasteiger partial charge on any atom is 0.191 e. The van der Waals surface area contributed by atoms with Crippen molar-refractivity contribution in [2.75, 3.05) is 7.05 Å². The number of nitrogens with one attached hydrogen (secondary N) is 2. The van der Waals surface area contributed by atoms with Crippen LogP contribution in [0.1, 0.15) is 11.4 Å². The van der Waals surface area contributed by atoms with Gasteiger partial charge in [-0.1, -0.05) is 47.5 Å². The third kappa shape index (κ3) is 4.53. The highest BCUT2D eigenvalue weighted by molar-refractivity contribution is 6.35. The van der Waals surface area contributed by atoms with Crippen molar-refractivity contribution in [2.45, 2.75) is 13.1 Å². The van der Waals surface area contributed by atoms with E-state index in [4.69, 9.17) is 23.2 Å². The molecular weight excluding hydrogens is 371 g/mol. The zero-order chi connectivity index (χ0) is 18.4. The smallest absolute Gasteiger partial charge is 0.191 e. The first-order valence-electron chi connectivity index (χ1n) is 8.00. The molecule has 0 aliphatic heterocycles. The molecule has 3 rings (SSSR count). The Balaban J connectivity index is 1.61. The molecule has 0 saturated carbocycles. The molecule has 134 valence electrons. The van der Waals surface area contributed by atoms with Gasteiger partial charge < -0.3 is 10.6 Å². The van der Waals surface area contributed by atoms with Gasteiger partial charge in [-0.3, -0.25) is 9.56 Å². The van der Waals surface area contributed by atoms with Crippen molar-refractivity contribution in [3.8, 4) is 5.69 Å². The number of nitrogens with zero attached hydrogens (tertiary/aromatic N) is 4. The highest BCUT2D eigenvalue weighted by atomic mass is 35.5. The molecule has 3 aromatic rings. The van der Waals surface area contributed by atoms with Crippen LogP contribution < -0.4 is 10.6 Å². The van der Waals surface area contributed by atoms with Gasteiger partial charge in [0.15, 0.2) is 11.8 Å². The van der Waals surface area contributed by atoms with E-state index < -0.39 is 0 Å². The minimum Gasteiger partial charge on any atom is -0.352 e. The minimum absolute atomic E-state index is 0.475. The maximum absolute atomic E-state index is 6.20. The molecule has 0 unspecified atom stereocenters. The largest absolute Gasteiger partial charge is 0.352 e. The Labute approximate surface area is 161 Å². The van der Waals surface area contributed by atoms with Gasteiger partial charge in [0.05, 0.1) is 6.54 Å². The van der Waals surface area contributed by atoms with Crippen molar-refractivity contribution in [1.82, 2.24) is 25.4 Å². The average Bonchev–Trinajstić information content (AvgIpc) is 3.12. The van der Waals surface area contributed by atoms with Crippen molar-refractivity contribution in [1.29, 1.82) is 0 Å². The second kappa shape index (κ2) is 8.69. The summed E-state index contributed by atoms with van der Waals surface area (Å²) in [5.41, 5.74) is 1.94. The number of rotatable bonds is 5. The van der Waals surface area contributed by atoms with Crippen LogP contribution in [0.5, 0.6) is 0 Å². The SMILES string of the molecule is CN=C(NCc1ccc(Cl)cc1Cl)NCc1nncn1-c1ccccc1. The number of aromatic nitrogens is 3. The van der Waals surface area contributed by atoms with E-state index in [0.29, 0.717) is 29.1 Å². The first-order chi connectivity index (χ1) is 12.7. The molecule has 0 radical (unpaired) electrons. The Hall–Kier alpha value is -2.57. The molecule has 0 fully saturated rings. The molecule has 1 heterocycles. The van der Waals surface area contributed by atoms with Gasteiger partial charge in [0.25, 0.3) is 0 Å². The molecule has 6 nitrogen and oxygen atoms in total. The van der Waals surface area contributed by atoms with E-state index in [2.05, 4.69) is 25.8 Å². The molecule has 0 bridgehead atoms. The van der Waals surface area contributed by atoms with Crippen molar-refractivity contribution in [3.05, 3.63) is 76.3 Å². The lowest BCUT2D eigenvalue weighted by Crippen LogP contribution is -2.37. The van der Waals surface area contributed by atoms with Gasteiger partial charge in [-0.15, -0.1) is 10.2 Å². The molecule has 26 heavy (non-hydrogen) atoms. The van der Waals surface area contributed by atoms with E-state index in [1.54, 1.807) is 19.4 Å². The standard InChI is InChI=1S/C18H18Cl2N6/c1-21-18(22-10-13-7-8-14(19)9-16(13)20)23-11-17-25-24-12-26(17)15-5-3-2-4-6-15/h2-9,12H,10-11H2,1H3,(H2,21,22,23). The van der Waals surface area contributed by atoms with Gasteiger partial charge >= 0.3 is 0 Å². The first kappa shape index (κ1) is 18.2. The van der Waals surface area contributed by atoms with Gasteiger partial charge in [0.2, 0.25) is 0 Å². The summed E-state index contributed by atoms with van der Waals surface area (Å²) in [6.07, 6.45) is 1.69. The zero-order valence-electron chi connectivity index (χ0n) is 14.2. The minimum atomic E-state index is 0.475. The molecule has 2 aromatic carbocycles. The molecule has 2 N–H and O–H groups in total. The molecule has 0 aliphatic rings. The maximum atomic E-state index is 6.20. The van der Waals surface area contributed by atoms with Gasteiger partial charge in [0.1, 0.15) is 6.33 Å². The van der Waals surface area contributed by atoms with Crippen LogP contribution in [0.2, 0.25) is 10.0 Å². The fourth-order valence-corrected chi connectivity index (χ4v) is 2.89. The van der Waals surface area contributed by atoms with Crippen molar-refractivity contribution in [3.63, 3.8) is 0 Å². The predicted molar refractivity (Wildman–Crippen MR) is 105 cm³/mol. The Morgan fingerprint density at radius 2 is 1.85 bits per heavy atom. The molecule has 1 aromatic heterocycles. The Morgan fingerprint density at radius 1 is 1.08 bits per heavy atom. The van der Waals surface area contributed by atoms with E-state index in [-0.39, 0.29) is 0 Å². The fraction of sp³-hybridized carbons (Fsp3) is 0.167. The van der Waals surface area contributed by atoms with Crippen molar-refractivity contribution < 1.29 is 0 Å². The molecule has 8 heteroatoms. The van der Waals surface area contributed by atoms with Gasteiger partial charge in [-0.05, 0) is 29.8 Å². The molecule has 0 aliphatic carbocycles. The summed E-state index contributed by atoms with van der Waals surface area (Å²) in [6.45, 7) is 1.00. The number of hydrogen-bond donors (Lipinski definition) is 2. The number of para-hydroxylation sites is 1. The van der Waals surface area contributed by atoms with E-state index in [1.165, 1.54) is 0 Å². The monoisotopic (exact) mass is 388 g/mol.